The number of halogens is 3. The van der Waals surface area contributed by atoms with Crippen LogP contribution < -0.4 is 10.1 Å². The summed E-state index contributed by atoms with van der Waals surface area (Å²) in [5.74, 6) is -3.82. The van der Waals surface area contributed by atoms with E-state index in [0.29, 0.717) is 19.4 Å². The molecule has 0 bridgehead atoms. The van der Waals surface area contributed by atoms with Crippen LogP contribution in [-0.2, 0) is 11.2 Å². The van der Waals surface area contributed by atoms with Gasteiger partial charge in [0.15, 0.2) is 17.4 Å². The standard InChI is InChI=1S/C16H22F3NO2/c1-21-6-3-7-22-13-9-12(14(17)16(19)15(13)18)8-11-4-2-5-20-10-11/h9,11,20H,2-8,10H2,1H3/t11-/m1/s1. The van der Waals surface area contributed by atoms with Gasteiger partial charge in [-0.2, -0.15) is 4.39 Å². The van der Waals surface area contributed by atoms with E-state index in [1.54, 1.807) is 7.11 Å². The number of ether oxygens (including phenoxy) is 2. The lowest BCUT2D eigenvalue weighted by Crippen LogP contribution is -2.31. The summed E-state index contributed by atoms with van der Waals surface area (Å²) in [6.07, 6.45) is 2.90. The molecular weight excluding hydrogens is 295 g/mol. The van der Waals surface area contributed by atoms with E-state index in [4.69, 9.17) is 9.47 Å². The summed E-state index contributed by atoms with van der Waals surface area (Å²) in [7, 11) is 1.55. The molecule has 2 rings (SSSR count). The highest BCUT2D eigenvalue weighted by molar-refractivity contribution is 5.33. The number of hydrogen-bond acceptors (Lipinski definition) is 3. The van der Waals surface area contributed by atoms with Gasteiger partial charge in [-0.25, -0.2) is 8.78 Å². The van der Waals surface area contributed by atoms with Gasteiger partial charge >= 0.3 is 0 Å². The van der Waals surface area contributed by atoms with Gasteiger partial charge in [-0.3, -0.25) is 0 Å². The van der Waals surface area contributed by atoms with Crippen LogP contribution in [0.1, 0.15) is 24.8 Å². The Hall–Kier alpha value is -1.27. The fourth-order valence-corrected chi connectivity index (χ4v) is 2.68. The Morgan fingerprint density at radius 2 is 2.00 bits per heavy atom. The quantitative estimate of drug-likeness (QED) is 0.619. The Kier molecular flexibility index (Phi) is 6.51. The van der Waals surface area contributed by atoms with E-state index in [2.05, 4.69) is 5.32 Å². The first-order chi connectivity index (χ1) is 10.6. The van der Waals surface area contributed by atoms with Crippen molar-refractivity contribution in [3.05, 3.63) is 29.1 Å². The Morgan fingerprint density at radius 3 is 2.68 bits per heavy atom. The minimum Gasteiger partial charge on any atom is -0.490 e. The summed E-state index contributed by atoms with van der Waals surface area (Å²) in [6.45, 7) is 2.37. The zero-order chi connectivity index (χ0) is 15.9. The van der Waals surface area contributed by atoms with Crippen molar-refractivity contribution in [2.75, 3.05) is 33.4 Å². The van der Waals surface area contributed by atoms with Crippen LogP contribution >= 0.6 is 0 Å². The minimum absolute atomic E-state index is 0.175. The van der Waals surface area contributed by atoms with Crippen LogP contribution in [0.5, 0.6) is 5.75 Å². The van der Waals surface area contributed by atoms with Gasteiger partial charge in [0.2, 0.25) is 5.82 Å². The van der Waals surface area contributed by atoms with Gasteiger partial charge in [0.05, 0.1) is 6.61 Å². The average Bonchev–Trinajstić information content (AvgIpc) is 2.54. The maximum Gasteiger partial charge on any atom is 0.203 e. The lowest BCUT2D eigenvalue weighted by molar-refractivity contribution is 0.170. The number of methoxy groups -OCH3 is 1. The van der Waals surface area contributed by atoms with Crippen molar-refractivity contribution in [2.24, 2.45) is 5.92 Å². The molecule has 1 fully saturated rings. The van der Waals surface area contributed by atoms with Crippen LogP contribution in [-0.4, -0.2) is 33.4 Å². The molecule has 1 saturated heterocycles. The molecule has 0 amide bonds. The number of nitrogens with one attached hydrogen (secondary N) is 1. The zero-order valence-corrected chi connectivity index (χ0v) is 12.8. The smallest absolute Gasteiger partial charge is 0.203 e. The lowest BCUT2D eigenvalue weighted by Gasteiger charge is -2.23. The number of hydrogen-bond donors (Lipinski definition) is 1. The Bertz CT molecular complexity index is 491. The molecule has 1 aromatic rings. The van der Waals surface area contributed by atoms with Crippen molar-refractivity contribution in [1.29, 1.82) is 0 Å². The highest BCUT2D eigenvalue weighted by Gasteiger charge is 2.22. The van der Waals surface area contributed by atoms with Crippen molar-refractivity contribution in [3.8, 4) is 5.75 Å². The number of rotatable bonds is 7. The molecule has 124 valence electrons. The predicted octanol–water partition coefficient (Wildman–Crippen LogP) is 3.06. The van der Waals surface area contributed by atoms with Crippen LogP contribution in [0, 0.1) is 23.4 Å². The van der Waals surface area contributed by atoms with E-state index in [0.717, 1.165) is 25.9 Å². The third-order valence-corrected chi connectivity index (χ3v) is 3.85. The Labute approximate surface area is 128 Å². The first kappa shape index (κ1) is 17.1. The normalized spacial score (nSPS) is 18.5. The molecule has 0 unspecified atom stereocenters. The molecule has 0 saturated carbocycles. The molecule has 1 aromatic carbocycles. The topological polar surface area (TPSA) is 30.5 Å². The second-order valence-corrected chi connectivity index (χ2v) is 5.59. The Morgan fingerprint density at radius 1 is 1.18 bits per heavy atom. The molecular formula is C16H22F3NO2. The van der Waals surface area contributed by atoms with E-state index in [1.807, 2.05) is 0 Å². The van der Waals surface area contributed by atoms with Crippen LogP contribution in [0.4, 0.5) is 13.2 Å². The fraction of sp³-hybridized carbons (Fsp3) is 0.625. The van der Waals surface area contributed by atoms with Crippen molar-refractivity contribution in [2.45, 2.75) is 25.7 Å². The van der Waals surface area contributed by atoms with Crippen LogP contribution in [0.25, 0.3) is 0 Å². The first-order valence-electron chi connectivity index (χ1n) is 7.62. The molecule has 0 aliphatic carbocycles. The average molecular weight is 317 g/mol. The fourth-order valence-electron chi connectivity index (χ4n) is 2.68. The zero-order valence-electron chi connectivity index (χ0n) is 12.8. The highest BCUT2D eigenvalue weighted by Crippen LogP contribution is 2.28. The van der Waals surface area contributed by atoms with Crippen LogP contribution in [0.3, 0.4) is 0 Å². The lowest BCUT2D eigenvalue weighted by atomic mass is 9.92. The first-order valence-corrected chi connectivity index (χ1v) is 7.62. The van der Waals surface area contributed by atoms with Crippen LogP contribution in [0.15, 0.2) is 6.07 Å². The largest absolute Gasteiger partial charge is 0.490 e. The van der Waals surface area contributed by atoms with Crippen molar-refractivity contribution in [1.82, 2.24) is 5.32 Å². The molecule has 1 aliphatic heterocycles. The molecule has 0 radical (unpaired) electrons. The summed E-state index contributed by atoms with van der Waals surface area (Å²) < 4.78 is 51.5. The van der Waals surface area contributed by atoms with Gasteiger partial charge in [0, 0.05) is 20.1 Å². The third-order valence-electron chi connectivity index (χ3n) is 3.85. The molecule has 3 nitrogen and oxygen atoms in total. The second-order valence-electron chi connectivity index (χ2n) is 5.59. The summed E-state index contributed by atoms with van der Waals surface area (Å²) in [6, 6.07) is 1.29. The molecule has 0 spiro atoms. The highest BCUT2D eigenvalue weighted by atomic mass is 19.2. The van der Waals surface area contributed by atoms with Crippen LogP contribution in [0.2, 0.25) is 0 Å². The van der Waals surface area contributed by atoms with Crippen molar-refractivity contribution >= 4 is 0 Å². The molecule has 6 heteroatoms. The number of piperidine rings is 1. The maximum absolute atomic E-state index is 13.9. The van der Waals surface area contributed by atoms with E-state index in [1.165, 1.54) is 6.07 Å². The predicted molar refractivity (Wildman–Crippen MR) is 77.6 cm³/mol. The molecule has 1 aliphatic rings. The molecule has 0 aromatic heterocycles. The monoisotopic (exact) mass is 317 g/mol. The van der Waals surface area contributed by atoms with E-state index in [-0.39, 0.29) is 23.8 Å². The summed E-state index contributed by atoms with van der Waals surface area (Å²) in [4.78, 5) is 0. The minimum atomic E-state index is -1.46. The molecule has 1 N–H and O–H groups in total. The summed E-state index contributed by atoms with van der Waals surface area (Å²) >= 11 is 0. The second kappa shape index (κ2) is 8.39. The van der Waals surface area contributed by atoms with Gasteiger partial charge < -0.3 is 14.8 Å². The molecule has 1 heterocycles. The SMILES string of the molecule is COCCCOc1cc(C[C@H]2CCCNC2)c(F)c(F)c1F. The van der Waals surface area contributed by atoms with Gasteiger partial charge in [-0.05, 0) is 49.9 Å². The summed E-state index contributed by atoms with van der Waals surface area (Å²) in [5, 5.41) is 3.23. The summed E-state index contributed by atoms with van der Waals surface area (Å²) in [5.41, 5.74) is 0.175. The van der Waals surface area contributed by atoms with Crippen molar-refractivity contribution < 1.29 is 22.6 Å². The maximum atomic E-state index is 13.9. The van der Waals surface area contributed by atoms with E-state index >= 15 is 0 Å². The Balaban J connectivity index is 2.09. The van der Waals surface area contributed by atoms with Crippen molar-refractivity contribution in [3.63, 3.8) is 0 Å². The van der Waals surface area contributed by atoms with Gasteiger partial charge in [0.1, 0.15) is 0 Å². The van der Waals surface area contributed by atoms with E-state index < -0.39 is 17.5 Å². The van der Waals surface area contributed by atoms with Gasteiger partial charge in [-0.1, -0.05) is 0 Å². The van der Waals surface area contributed by atoms with Gasteiger partial charge in [0.25, 0.3) is 0 Å². The van der Waals surface area contributed by atoms with E-state index in [9.17, 15) is 13.2 Å². The molecule has 1 atom stereocenters. The molecule has 22 heavy (non-hydrogen) atoms. The number of benzene rings is 1. The van der Waals surface area contributed by atoms with Gasteiger partial charge in [-0.15, -0.1) is 0 Å². The third kappa shape index (κ3) is 4.36.